The SMILES string of the molecule is COCCNC(=O)NC(=O)CN(C)C(C)c1ccc(-n2cncn2)cc1. The predicted molar refractivity (Wildman–Crippen MR) is 95.8 cm³/mol. The van der Waals surface area contributed by atoms with Crippen molar-refractivity contribution in [2.45, 2.75) is 13.0 Å². The van der Waals surface area contributed by atoms with Crippen molar-refractivity contribution in [3.8, 4) is 5.69 Å². The van der Waals surface area contributed by atoms with Gasteiger partial charge in [0.1, 0.15) is 12.7 Å². The van der Waals surface area contributed by atoms with Crippen LogP contribution in [0.15, 0.2) is 36.9 Å². The number of hydrogen-bond donors (Lipinski definition) is 2. The second-order valence-electron chi connectivity index (χ2n) is 5.82. The molecule has 0 radical (unpaired) electrons. The van der Waals surface area contributed by atoms with Crippen LogP contribution in [-0.4, -0.2) is 65.5 Å². The second kappa shape index (κ2) is 9.64. The van der Waals surface area contributed by atoms with Crippen LogP contribution in [0, 0.1) is 0 Å². The van der Waals surface area contributed by atoms with Crippen LogP contribution in [0.25, 0.3) is 5.69 Å². The number of nitrogens with one attached hydrogen (secondary N) is 2. The van der Waals surface area contributed by atoms with Gasteiger partial charge in [-0.1, -0.05) is 12.1 Å². The standard InChI is InChI=1S/C17H24N6O3/c1-13(14-4-6-15(7-5-14)23-12-18-11-20-23)22(2)10-16(24)21-17(25)19-8-9-26-3/h4-7,11-13H,8-10H2,1-3H3,(H2,19,21,24,25). The van der Waals surface area contributed by atoms with Gasteiger partial charge in [0.05, 0.1) is 18.8 Å². The zero-order chi connectivity index (χ0) is 18.9. The number of aromatic nitrogens is 3. The maximum Gasteiger partial charge on any atom is 0.321 e. The molecule has 0 aliphatic rings. The van der Waals surface area contributed by atoms with Crippen LogP contribution in [0.5, 0.6) is 0 Å². The number of methoxy groups -OCH3 is 1. The number of carbonyl (C=O) groups excluding carboxylic acids is 2. The lowest BCUT2D eigenvalue weighted by Crippen LogP contribution is -2.44. The smallest absolute Gasteiger partial charge is 0.321 e. The van der Waals surface area contributed by atoms with Gasteiger partial charge in [-0.3, -0.25) is 15.0 Å². The molecule has 1 heterocycles. The Morgan fingerprint density at radius 1 is 1.31 bits per heavy atom. The molecule has 1 atom stereocenters. The number of nitrogens with zero attached hydrogens (tertiary/aromatic N) is 4. The van der Waals surface area contributed by atoms with E-state index in [0.717, 1.165) is 11.3 Å². The quantitative estimate of drug-likeness (QED) is 0.673. The van der Waals surface area contributed by atoms with Crippen molar-refractivity contribution < 1.29 is 14.3 Å². The van der Waals surface area contributed by atoms with E-state index in [4.69, 9.17) is 4.74 Å². The van der Waals surface area contributed by atoms with Crippen molar-refractivity contribution in [1.82, 2.24) is 30.3 Å². The number of urea groups is 1. The van der Waals surface area contributed by atoms with Gasteiger partial charge in [-0.2, -0.15) is 5.10 Å². The van der Waals surface area contributed by atoms with Crippen LogP contribution in [0.3, 0.4) is 0 Å². The first-order valence-electron chi connectivity index (χ1n) is 8.23. The molecule has 0 bridgehead atoms. The highest BCUT2D eigenvalue weighted by Gasteiger charge is 2.16. The number of amides is 3. The fourth-order valence-electron chi connectivity index (χ4n) is 2.34. The van der Waals surface area contributed by atoms with Gasteiger partial charge in [-0.25, -0.2) is 14.5 Å². The minimum atomic E-state index is -0.523. The van der Waals surface area contributed by atoms with E-state index in [1.807, 2.05) is 43.1 Å². The van der Waals surface area contributed by atoms with E-state index >= 15 is 0 Å². The molecule has 1 unspecified atom stereocenters. The molecule has 9 heteroatoms. The zero-order valence-electron chi connectivity index (χ0n) is 15.2. The number of hydrogen-bond acceptors (Lipinski definition) is 6. The van der Waals surface area contributed by atoms with Gasteiger partial charge in [0.25, 0.3) is 0 Å². The first-order valence-corrected chi connectivity index (χ1v) is 8.23. The van der Waals surface area contributed by atoms with E-state index in [9.17, 15) is 9.59 Å². The molecule has 2 aromatic rings. The monoisotopic (exact) mass is 360 g/mol. The predicted octanol–water partition coefficient (Wildman–Crippen LogP) is 0.732. The Hall–Kier alpha value is -2.78. The summed E-state index contributed by atoms with van der Waals surface area (Å²) in [5.74, 6) is -0.367. The number of ether oxygens (including phenoxy) is 1. The Kier molecular flexibility index (Phi) is 7.24. The molecule has 0 aliphatic carbocycles. The first kappa shape index (κ1) is 19.5. The zero-order valence-corrected chi connectivity index (χ0v) is 15.2. The molecule has 0 saturated carbocycles. The molecule has 0 spiro atoms. The molecular weight excluding hydrogens is 336 g/mol. The number of rotatable bonds is 8. The summed E-state index contributed by atoms with van der Waals surface area (Å²) in [5.41, 5.74) is 1.96. The molecule has 9 nitrogen and oxygen atoms in total. The highest BCUT2D eigenvalue weighted by Crippen LogP contribution is 2.19. The number of imide groups is 1. The highest BCUT2D eigenvalue weighted by molar-refractivity contribution is 5.95. The fourth-order valence-corrected chi connectivity index (χ4v) is 2.34. The van der Waals surface area contributed by atoms with Crippen LogP contribution >= 0.6 is 0 Å². The maximum atomic E-state index is 12.0. The molecule has 26 heavy (non-hydrogen) atoms. The van der Waals surface area contributed by atoms with E-state index in [0.29, 0.717) is 13.2 Å². The molecule has 1 aromatic carbocycles. The average Bonchev–Trinajstić information content (AvgIpc) is 3.16. The lowest BCUT2D eigenvalue weighted by atomic mass is 10.1. The van der Waals surface area contributed by atoms with Gasteiger partial charge >= 0.3 is 6.03 Å². The molecule has 0 aliphatic heterocycles. The number of likely N-dealkylation sites (N-methyl/N-ethyl adjacent to an activating group) is 1. The van der Waals surface area contributed by atoms with Crippen LogP contribution in [-0.2, 0) is 9.53 Å². The average molecular weight is 360 g/mol. The summed E-state index contributed by atoms with van der Waals surface area (Å²) in [5, 5.41) is 8.93. The summed E-state index contributed by atoms with van der Waals surface area (Å²) in [6.07, 6.45) is 3.11. The topological polar surface area (TPSA) is 101 Å². The Bertz CT molecular complexity index is 702. The van der Waals surface area contributed by atoms with Crippen molar-refractivity contribution in [3.05, 3.63) is 42.5 Å². The molecule has 0 fully saturated rings. The number of carbonyl (C=O) groups is 2. The lowest BCUT2D eigenvalue weighted by Gasteiger charge is -2.24. The molecule has 1 aromatic heterocycles. The molecule has 140 valence electrons. The van der Waals surface area contributed by atoms with E-state index in [1.54, 1.807) is 18.1 Å². The fraction of sp³-hybridized carbons (Fsp3) is 0.412. The molecular formula is C17H24N6O3. The third-order valence-corrected chi connectivity index (χ3v) is 3.96. The normalized spacial score (nSPS) is 12.0. The van der Waals surface area contributed by atoms with Crippen LogP contribution in [0.4, 0.5) is 4.79 Å². The lowest BCUT2D eigenvalue weighted by molar-refractivity contribution is -0.121. The summed E-state index contributed by atoms with van der Waals surface area (Å²) < 4.78 is 6.50. The highest BCUT2D eigenvalue weighted by atomic mass is 16.5. The van der Waals surface area contributed by atoms with Crippen molar-refractivity contribution in [2.75, 3.05) is 33.9 Å². The maximum absolute atomic E-state index is 12.0. The first-order chi connectivity index (χ1) is 12.5. The summed E-state index contributed by atoms with van der Waals surface area (Å²) in [7, 11) is 3.37. The minimum absolute atomic E-state index is 0.00194. The third kappa shape index (κ3) is 5.64. The van der Waals surface area contributed by atoms with E-state index in [1.165, 1.54) is 6.33 Å². The van der Waals surface area contributed by atoms with E-state index in [2.05, 4.69) is 20.7 Å². The third-order valence-electron chi connectivity index (χ3n) is 3.96. The van der Waals surface area contributed by atoms with Crippen molar-refractivity contribution in [3.63, 3.8) is 0 Å². The summed E-state index contributed by atoms with van der Waals surface area (Å²) in [6, 6.07) is 7.32. The van der Waals surface area contributed by atoms with Gasteiger partial charge in [0.2, 0.25) is 5.91 Å². The van der Waals surface area contributed by atoms with E-state index < -0.39 is 6.03 Å². The second-order valence-corrected chi connectivity index (χ2v) is 5.82. The summed E-state index contributed by atoms with van der Waals surface area (Å²) >= 11 is 0. The van der Waals surface area contributed by atoms with Gasteiger partial charge in [0.15, 0.2) is 0 Å². The Morgan fingerprint density at radius 2 is 2.04 bits per heavy atom. The Morgan fingerprint density at radius 3 is 2.65 bits per heavy atom. The van der Waals surface area contributed by atoms with Crippen molar-refractivity contribution >= 4 is 11.9 Å². The summed E-state index contributed by atoms with van der Waals surface area (Å²) in [4.78, 5) is 29.3. The van der Waals surface area contributed by atoms with Gasteiger partial charge in [-0.15, -0.1) is 0 Å². The van der Waals surface area contributed by atoms with Crippen molar-refractivity contribution in [1.29, 1.82) is 0 Å². The van der Waals surface area contributed by atoms with Gasteiger partial charge in [0, 0.05) is 19.7 Å². The molecule has 0 saturated heterocycles. The number of benzene rings is 1. The van der Waals surface area contributed by atoms with Crippen LogP contribution in [0.1, 0.15) is 18.5 Å². The molecule has 2 N–H and O–H groups in total. The van der Waals surface area contributed by atoms with Gasteiger partial charge in [-0.05, 0) is 31.7 Å². The van der Waals surface area contributed by atoms with Crippen LogP contribution in [0.2, 0.25) is 0 Å². The Labute approximate surface area is 152 Å². The van der Waals surface area contributed by atoms with Gasteiger partial charge < -0.3 is 10.1 Å². The van der Waals surface area contributed by atoms with E-state index in [-0.39, 0.29) is 18.5 Å². The molecule has 2 rings (SSSR count). The van der Waals surface area contributed by atoms with Crippen molar-refractivity contribution in [2.24, 2.45) is 0 Å². The Balaban J connectivity index is 1.85. The van der Waals surface area contributed by atoms with Crippen LogP contribution < -0.4 is 10.6 Å². The minimum Gasteiger partial charge on any atom is -0.383 e. The summed E-state index contributed by atoms with van der Waals surface area (Å²) in [6.45, 7) is 2.84. The molecule has 3 amide bonds. The largest absolute Gasteiger partial charge is 0.383 e.